The van der Waals surface area contributed by atoms with Crippen LogP contribution in [0.4, 0.5) is 4.39 Å². The lowest BCUT2D eigenvalue weighted by Crippen LogP contribution is -2.08. The van der Waals surface area contributed by atoms with Crippen LogP contribution in [0.15, 0.2) is 6.20 Å². The van der Waals surface area contributed by atoms with Gasteiger partial charge in [-0.3, -0.25) is 4.68 Å². The quantitative estimate of drug-likeness (QED) is 0.734. The number of alkyl halides is 1. The van der Waals surface area contributed by atoms with Crippen molar-refractivity contribution >= 4 is 11.9 Å². The van der Waals surface area contributed by atoms with Crippen LogP contribution in [0, 0.1) is 0 Å². The van der Waals surface area contributed by atoms with Crippen LogP contribution in [0.25, 0.3) is 0 Å². The van der Waals surface area contributed by atoms with Crippen LogP contribution in [-0.2, 0) is 11.3 Å². The second-order valence-electron chi connectivity index (χ2n) is 2.64. The molecule has 6 nitrogen and oxygen atoms in total. The summed E-state index contributed by atoms with van der Waals surface area (Å²) in [5, 5.41) is 12.3. The zero-order valence-corrected chi connectivity index (χ0v) is 7.94. The Morgan fingerprint density at radius 1 is 1.67 bits per heavy atom. The topological polar surface area (TPSA) is 81.4 Å². The summed E-state index contributed by atoms with van der Waals surface area (Å²) in [6, 6.07) is 0. The molecule has 0 saturated carbocycles. The number of carbonyl (C=O) groups excluding carboxylic acids is 1. The average molecular weight is 216 g/mol. The lowest BCUT2D eigenvalue weighted by molar-refractivity contribution is 0.0582. The molecule has 0 aromatic carbocycles. The molecule has 1 aromatic heterocycles. The highest BCUT2D eigenvalue weighted by Gasteiger charge is 2.21. The average Bonchev–Trinajstić information content (AvgIpc) is 2.61. The minimum Gasteiger partial charge on any atom is -0.476 e. The van der Waals surface area contributed by atoms with Gasteiger partial charge in [0, 0.05) is 6.20 Å². The predicted molar refractivity (Wildman–Crippen MR) is 46.5 cm³/mol. The molecule has 0 aliphatic rings. The fourth-order valence-electron chi connectivity index (χ4n) is 1.04. The second-order valence-corrected chi connectivity index (χ2v) is 2.64. The van der Waals surface area contributed by atoms with Gasteiger partial charge >= 0.3 is 11.9 Å². The van der Waals surface area contributed by atoms with E-state index in [-0.39, 0.29) is 12.1 Å². The molecule has 0 unspecified atom stereocenters. The van der Waals surface area contributed by atoms with E-state index in [1.807, 2.05) is 0 Å². The van der Waals surface area contributed by atoms with E-state index in [4.69, 9.17) is 5.11 Å². The first-order valence-electron chi connectivity index (χ1n) is 4.05. The number of rotatable bonds is 4. The fraction of sp³-hybridized carbons (Fsp3) is 0.375. The van der Waals surface area contributed by atoms with Gasteiger partial charge in [0.1, 0.15) is 12.2 Å². The molecule has 0 aliphatic heterocycles. The number of nitrogens with zero attached hydrogens (tertiary/aromatic N) is 2. The number of carboxylic acid groups (broad SMARTS) is 1. The number of aryl methyl sites for hydroxylation is 1. The number of carboxylic acids is 1. The monoisotopic (exact) mass is 216 g/mol. The fourth-order valence-corrected chi connectivity index (χ4v) is 1.04. The molecule has 0 saturated heterocycles. The summed E-state index contributed by atoms with van der Waals surface area (Å²) in [5.41, 5.74) is -0.617. The first kappa shape index (κ1) is 11.2. The lowest BCUT2D eigenvalue weighted by Gasteiger charge is -1.94. The number of methoxy groups -OCH3 is 1. The van der Waals surface area contributed by atoms with Gasteiger partial charge in [0.05, 0.1) is 13.7 Å². The summed E-state index contributed by atoms with van der Waals surface area (Å²) in [7, 11) is 1.13. The third kappa shape index (κ3) is 2.30. The van der Waals surface area contributed by atoms with Crippen LogP contribution in [0.2, 0.25) is 0 Å². The van der Waals surface area contributed by atoms with Crippen LogP contribution in [0.1, 0.15) is 20.8 Å². The van der Waals surface area contributed by atoms with Crippen LogP contribution < -0.4 is 0 Å². The molecule has 0 atom stereocenters. The molecule has 15 heavy (non-hydrogen) atoms. The van der Waals surface area contributed by atoms with Crippen molar-refractivity contribution in [2.45, 2.75) is 6.54 Å². The van der Waals surface area contributed by atoms with Gasteiger partial charge in [-0.15, -0.1) is 0 Å². The highest BCUT2D eigenvalue weighted by Crippen LogP contribution is 2.08. The van der Waals surface area contributed by atoms with Crippen molar-refractivity contribution < 1.29 is 23.8 Å². The predicted octanol–water partition coefficient (Wildman–Crippen LogP) is 0.337. The number of aromatic carboxylic acids is 1. The van der Waals surface area contributed by atoms with Gasteiger partial charge < -0.3 is 9.84 Å². The minimum absolute atomic E-state index is 0.0999. The van der Waals surface area contributed by atoms with Crippen LogP contribution >= 0.6 is 0 Å². The second kappa shape index (κ2) is 4.54. The van der Waals surface area contributed by atoms with Crippen molar-refractivity contribution in [3.63, 3.8) is 0 Å². The van der Waals surface area contributed by atoms with E-state index in [0.717, 1.165) is 18.0 Å². The standard InChI is InChI=1S/C8H9FN2O4/c1-15-8(14)5-4-11(3-2-9)10-6(5)7(12)13/h4H,2-3H2,1H3,(H,12,13). The number of aromatic nitrogens is 2. The zero-order chi connectivity index (χ0) is 11.4. The number of esters is 1. The highest BCUT2D eigenvalue weighted by molar-refractivity contribution is 6.00. The van der Waals surface area contributed by atoms with E-state index in [1.54, 1.807) is 0 Å². The van der Waals surface area contributed by atoms with Crippen molar-refractivity contribution in [1.29, 1.82) is 0 Å². The molecule has 0 aliphatic carbocycles. The molecule has 0 bridgehead atoms. The van der Waals surface area contributed by atoms with Gasteiger partial charge in [0.15, 0.2) is 5.69 Å². The number of carbonyl (C=O) groups is 2. The Hall–Kier alpha value is -1.92. The Labute approximate surface area is 84.3 Å². The van der Waals surface area contributed by atoms with Gasteiger partial charge in [-0.2, -0.15) is 5.10 Å². The molecular formula is C8H9FN2O4. The Kier molecular flexibility index (Phi) is 3.37. The largest absolute Gasteiger partial charge is 0.476 e. The smallest absolute Gasteiger partial charge is 0.357 e. The molecule has 0 amide bonds. The molecule has 7 heteroatoms. The molecule has 1 aromatic rings. The third-order valence-corrected chi connectivity index (χ3v) is 1.68. The van der Waals surface area contributed by atoms with E-state index in [2.05, 4.69) is 9.84 Å². The summed E-state index contributed by atoms with van der Waals surface area (Å²) in [5.74, 6) is -2.16. The maximum Gasteiger partial charge on any atom is 0.357 e. The van der Waals surface area contributed by atoms with E-state index in [1.165, 1.54) is 0 Å². The molecule has 1 N–H and O–H groups in total. The van der Waals surface area contributed by atoms with Gasteiger partial charge in [-0.25, -0.2) is 14.0 Å². The Morgan fingerprint density at radius 3 is 2.80 bits per heavy atom. The van der Waals surface area contributed by atoms with Crippen molar-refractivity contribution in [3.8, 4) is 0 Å². The minimum atomic E-state index is -1.35. The van der Waals surface area contributed by atoms with Gasteiger partial charge in [-0.1, -0.05) is 0 Å². The summed E-state index contributed by atoms with van der Waals surface area (Å²) in [6.45, 7) is -0.793. The molecular weight excluding hydrogens is 207 g/mol. The molecule has 1 heterocycles. The summed E-state index contributed by atoms with van der Waals surface area (Å²) in [6.07, 6.45) is 1.15. The Balaban J connectivity index is 3.11. The number of halogens is 1. The number of ether oxygens (including phenoxy) is 1. The SMILES string of the molecule is COC(=O)c1cn(CCF)nc1C(=O)O. The van der Waals surface area contributed by atoms with Crippen LogP contribution in [0.3, 0.4) is 0 Å². The highest BCUT2D eigenvalue weighted by atomic mass is 19.1. The maximum absolute atomic E-state index is 12.0. The van der Waals surface area contributed by atoms with E-state index in [0.29, 0.717) is 0 Å². The molecule has 0 fully saturated rings. The van der Waals surface area contributed by atoms with Gasteiger partial charge in [0.2, 0.25) is 0 Å². The zero-order valence-electron chi connectivity index (χ0n) is 7.94. The normalized spacial score (nSPS) is 10.0. The van der Waals surface area contributed by atoms with Crippen LogP contribution in [-0.4, -0.2) is 40.6 Å². The first-order chi connectivity index (χ1) is 7.10. The number of hydrogen-bond donors (Lipinski definition) is 1. The van der Waals surface area contributed by atoms with Gasteiger partial charge in [0.25, 0.3) is 0 Å². The van der Waals surface area contributed by atoms with Crippen molar-refractivity contribution in [1.82, 2.24) is 9.78 Å². The van der Waals surface area contributed by atoms with E-state index in [9.17, 15) is 14.0 Å². The van der Waals surface area contributed by atoms with Crippen LogP contribution in [0.5, 0.6) is 0 Å². The maximum atomic E-state index is 12.0. The first-order valence-corrected chi connectivity index (χ1v) is 4.05. The Bertz CT molecular complexity index is 388. The van der Waals surface area contributed by atoms with Crippen molar-refractivity contribution in [2.75, 3.05) is 13.8 Å². The molecule has 0 radical (unpaired) electrons. The lowest BCUT2D eigenvalue weighted by atomic mass is 10.2. The molecule has 82 valence electrons. The van der Waals surface area contributed by atoms with E-state index >= 15 is 0 Å². The summed E-state index contributed by atoms with van der Waals surface area (Å²) < 4.78 is 17.4. The molecule has 1 rings (SSSR count). The summed E-state index contributed by atoms with van der Waals surface area (Å²) >= 11 is 0. The molecule has 0 spiro atoms. The number of hydrogen-bond acceptors (Lipinski definition) is 4. The van der Waals surface area contributed by atoms with Gasteiger partial charge in [-0.05, 0) is 0 Å². The Morgan fingerprint density at radius 2 is 2.33 bits per heavy atom. The van der Waals surface area contributed by atoms with E-state index < -0.39 is 24.3 Å². The summed E-state index contributed by atoms with van der Waals surface area (Å²) in [4.78, 5) is 21.8. The van der Waals surface area contributed by atoms with Crippen molar-refractivity contribution in [2.24, 2.45) is 0 Å². The van der Waals surface area contributed by atoms with Crippen molar-refractivity contribution in [3.05, 3.63) is 17.5 Å². The third-order valence-electron chi connectivity index (χ3n) is 1.68.